The van der Waals surface area contributed by atoms with Crippen molar-refractivity contribution in [3.8, 4) is 0 Å². The van der Waals surface area contributed by atoms with Crippen molar-refractivity contribution in [2.45, 2.75) is 46.1 Å². The van der Waals surface area contributed by atoms with Gasteiger partial charge in [0.1, 0.15) is 5.78 Å². The Morgan fingerprint density at radius 1 is 1.38 bits per heavy atom. The minimum absolute atomic E-state index is 0.187. The fraction of sp³-hybridized carbons (Fsp3) is 0.909. The van der Waals surface area contributed by atoms with E-state index in [9.17, 15) is 4.79 Å². The molecule has 0 aromatic heterocycles. The van der Waals surface area contributed by atoms with Gasteiger partial charge in [-0.1, -0.05) is 20.8 Å². The summed E-state index contributed by atoms with van der Waals surface area (Å²) in [4.78, 5) is 11.7. The molecular formula is C11H21NO. The molecule has 1 saturated carbocycles. The van der Waals surface area contributed by atoms with Crippen LogP contribution in [0.2, 0.25) is 0 Å². The number of rotatable bonds is 2. The first-order valence-corrected chi connectivity index (χ1v) is 5.31. The lowest BCUT2D eigenvalue weighted by Crippen LogP contribution is -2.37. The number of hydrogen-bond acceptors (Lipinski definition) is 2. The van der Waals surface area contributed by atoms with E-state index in [0.29, 0.717) is 17.7 Å². The highest BCUT2D eigenvalue weighted by molar-refractivity contribution is 5.82. The lowest BCUT2D eigenvalue weighted by atomic mass is 9.75. The first-order chi connectivity index (χ1) is 6.02. The number of Topliss-reactive ketones (excluding diaryl/α,β-unsaturated/α-hetero) is 1. The molecule has 1 rings (SSSR count). The molecule has 3 unspecified atom stereocenters. The first-order valence-electron chi connectivity index (χ1n) is 5.31. The molecule has 13 heavy (non-hydrogen) atoms. The third kappa shape index (κ3) is 2.53. The van der Waals surface area contributed by atoms with Crippen molar-refractivity contribution < 1.29 is 4.79 Å². The van der Waals surface area contributed by atoms with Crippen LogP contribution in [0.5, 0.6) is 0 Å². The van der Waals surface area contributed by atoms with Gasteiger partial charge in [0, 0.05) is 17.9 Å². The van der Waals surface area contributed by atoms with Crippen LogP contribution in [0.25, 0.3) is 0 Å². The average Bonchev–Trinajstić information content (AvgIpc) is 2.08. The number of ketones is 1. The Morgan fingerprint density at radius 3 is 2.46 bits per heavy atom. The van der Waals surface area contributed by atoms with E-state index in [2.05, 4.69) is 6.92 Å². The van der Waals surface area contributed by atoms with E-state index < -0.39 is 0 Å². The minimum atomic E-state index is 0.187. The predicted molar refractivity (Wildman–Crippen MR) is 54.3 cm³/mol. The van der Waals surface area contributed by atoms with E-state index in [0.717, 1.165) is 19.3 Å². The lowest BCUT2D eigenvalue weighted by molar-refractivity contribution is -0.127. The van der Waals surface area contributed by atoms with Gasteiger partial charge in [-0.05, 0) is 25.2 Å². The minimum Gasteiger partial charge on any atom is -0.327 e. The summed E-state index contributed by atoms with van der Waals surface area (Å²) in [7, 11) is 0. The summed E-state index contributed by atoms with van der Waals surface area (Å²) in [5.41, 5.74) is 5.91. The van der Waals surface area contributed by atoms with Crippen LogP contribution in [0, 0.1) is 17.8 Å². The topological polar surface area (TPSA) is 43.1 Å². The molecule has 0 aliphatic heterocycles. The van der Waals surface area contributed by atoms with Gasteiger partial charge in [0.2, 0.25) is 0 Å². The van der Waals surface area contributed by atoms with Crippen LogP contribution in [-0.2, 0) is 4.79 Å². The molecule has 0 amide bonds. The maximum absolute atomic E-state index is 11.7. The Bertz CT molecular complexity index is 189. The number of carbonyl (C=O) groups excluding carboxylic acids is 1. The molecule has 0 bridgehead atoms. The lowest BCUT2D eigenvalue weighted by Gasteiger charge is -2.31. The fourth-order valence-electron chi connectivity index (χ4n) is 2.15. The van der Waals surface area contributed by atoms with Gasteiger partial charge in [-0.15, -0.1) is 0 Å². The van der Waals surface area contributed by atoms with Gasteiger partial charge in [0.05, 0.1) is 0 Å². The highest BCUT2D eigenvalue weighted by Gasteiger charge is 2.30. The molecule has 0 heterocycles. The van der Waals surface area contributed by atoms with Crippen LogP contribution in [0.3, 0.4) is 0 Å². The number of nitrogens with two attached hydrogens (primary N) is 1. The zero-order valence-electron chi connectivity index (χ0n) is 8.92. The van der Waals surface area contributed by atoms with Crippen molar-refractivity contribution in [2.24, 2.45) is 23.5 Å². The third-order valence-corrected chi connectivity index (χ3v) is 3.21. The number of carbonyl (C=O) groups is 1. The summed E-state index contributed by atoms with van der Waals surface area (Å²) in [6.07, 6.45) is 3.02. The smallest absolute Gasteiger partial charge is 0.138 e. The third-order valence-electron chi connectivity index (χ3n) is 3.21. The Hall–Kier alpha value is -0.370. The molecule has 2 nitrogen and oxygen atoms in total. The van der Waals surface area contributed by atoms with Crippen molar-refractivity contribution >= 4 is 5.78 Å². The summed E-state index contributed by atoms with van der Waals surface area (Å²) in [5.74, 6) is 1.42. The van der Waals surface area contributed by atoms with Crippen LogP contribution in [-0.4, -0.2) is 11.8 Å². The van der Waals surface area contributed by atoms with Crippen molar-refractivity contribution in [1.82, 2.24) is 0 Å². The zero-order valence-corrected chi connectivity index (χ0v) is 8.92. The molecule has 0 spiro atoms. The normalized spacial score (nSPS) is 35.0. The van der Waals surface area contributed by atoms with Crippen molar-refractivity contribution in [3.05, 3.63) is 0 Å². The molecule has 0 saturated heterocycles. The summed E-state index contributed by atoms with van der Waals surface area (Å²) in [5, 5.41) is 0. The van der Waals surface area contributed by atoms with Gasteiger partial charge in [0.25, 0.3) is 0 Å². The van der Waals surface area contributed by atoms with Crippen LogP contribution in [0.4, 0.5) is 0 Å². The second-order valence-corrected chi connectivity index (χ2v) is 4.71. The zero-order chi connectivity index (χ0) is 10.0. The van der Waals surface area contributed by atoms with Gasteiger partial charge < -0.3 is 5.73 Å². The van der Waals surface area contributed by atoms with Crippen LogP contribution < -0.4 is 5.73 Å². The molecular weight excluding hydrogens is 162 g/mol. The first kappa shape index (κ1) is 10.7. The predicted octanol–water partition coefficient (Wildman–Crippen LogP) is 1.98. The van der Waals surface area contributed by atoms with E-state index in [1.54, 1.807) is 0 Å². The van der Waals surface area contributed by atoms with Crippen molar-refractivity contribution in [2.75, 3.05) is 0 Å². The fourth-order valence-corrected chi connectivity index (χ4v) is 2.15. The van der Waals surface area contributed by atoms with E-state index >= 15 is 0 Å². The molecule has 1 aliphatic carbocycles. The molecule has 2 N–H and O–H groups in total. The summed E-state index contributed by atoms with van der Waals surface area (Å²) in [6, 6.07) is 0.316. The summed E-state index contributed by atoms with van der Waals surface area (Å²) < 4.78 is 0. The highest BCUT2D eigenvalue weighted by atomic mass is 16.1. The largest absolute Gasteiger partial charge is 0.327 e. The van der Waals surface area contributed by atoms with Crippen molar-refractivity contribution in [3.63, 3.8) is 0 Å². The Kier molecular flexibility index (Phi) is 3.48. The number of hydrogen-bond donors (Lipinski definition) is 1. The van der Waals surface area contributed by atoms with E-state index in [1.165, 1.54) is 0 Å². The second-order valence-electron chi connectivity index (χ2n) is 4.71. The Labute approximate surface area is 80.9 Å². The highest BCUT2D eigenvalue weighted by Crippen LogP contribution is 2.30. The van der Waals surface area contributed by atoms with Crippen LogP contribution >= 0.6 is 0 Å². The van der Waals surface area contributed by atoms with Crippen LogP contribution in [0.15, 0.2) is 0 Å². The summed E-state index contributed by atoms with van der Waals surface area (Å²) in [6.45, 7) is 6.13. The summed E-state index contributed by atoms with van der Waals surface area (Å²) >= 11 is 0. The van der Waals surface area contributed by atoms with E-state index in [-0.39, 0.29) is 11.8 Å². The molecule has 0 aromatic carbocycles. The SMILES string of the molecule is CC(C)C(=O)C1CCC(N)C(C)C1. The second kappa shape index (κ2) is 4.23. The van der Waals surface area contributed by atoms with Gasteiger partial charge >= 0.3 is 0 Å². The Balaban J connectivity index is 2.50. The quantitative estimate of drug-likeness (QED) is 0.711. The van der Waals surface area contributed by atoms with Gasteiger partial charge in [0.15, 0.2) is 0 Å². The molecule has 1 aliphatic rings. The van der Waals surface area contributed by atoms with Crippen LogP contribution in [0.1, 0.15) is 40.0 Å². The van der Waals surface area contributed by atoms with Crippen molar-refractivity contribution in [1.29, 1.82) is 0 Å². The maximum Gasteiger partial charge on any atom is 0.138 e. The molecule has 1 fully saturated rings. The maximum atomic E-state index is 11.7. The van der Waals surface area contributed by atoms with Gasteiger partial charge in [-0.25, -0.2) is 0 Å². The van der Waals surface area contributed by atoms with Gasteiger partial charge in [-0.2, -0.15) is 0 Å². The molecule has 76 valence electrons. The molecule has 0 radical (unpaired) electrons. The van der Waals surface area contributed by atoms with E-state index in [4.69, 9.17) is 5.73 Å². The molecule has 2 heteroatoms. The molecule has 0 aromatic rings. The Morgan fingerprint density at radius 2 is 2.00 bits per heavy atom. The average molecular weight is 183 g/mol. The van der Waals surface area contributed by atoms with E-state index in [1.807, 2.05) is 13.8 Å². The standard InChI is InChI=1S/C11H21NO/c1-7(2)11(13)9-4-5-10(12)8(3)6-9/h7-10H,4-6,12H2,1-3H3. The monoisotopic (exact) mass is 183 g/mol. The van der Waals surface area contributed by atoms with Gasteiger partial charge in [-0.3, -0.25) is 4.79 Å². The molecule has 3 atom stereocenters.